The number of amides is 2. The van der Waals surface area contributed by atoms with Gasteiger partial charge in [-0.2, -0.15) is 0 Å². The molecular formula is C18H18Cl2N2O3. The molecule has 0 aliphatic rings. The molecule has 2 aromatic rings. The second kappa shape index (κ2) is 9.42. The number of rotatable bonds is 7. The first-order valence-electron chi connectivity index (χ1n) is 7.65. The van der Waals surface area contributed by atoms with Crippen LogP contribution in [0.5, 0.6) is 0 Å². The van der Waals surface area contributed by atoms with Crippen LogP contribution in [-0.4, -0.2) is 32.1 Å². The van der Waals surface area contributed by atoms with Crippen molar-refractivity contribution in [2.45, 2.75) is 6.42 Å². The summed E-state index contributed by atoms with van der Waals surface area (Å²) in [7, 11) is 1.61. The predicted molar refractivity (Wildman–Crippen MR) is 99.7 cm³/mol. The molecule has 0 aliphatic heterocycles. The zero-order chi connectivity index (χ0) is 18.2. The first-order valence-corrected chi connectivity index (χ1v) is 8.41. The third-order valence-corrected chi connectivity index (χ3v) is 4.24. The lowest BCUT2D eigenvalue weighted by molar-refractivity contribution is 0.0947. The molecule has 2 N–H and O–H groups in total. The molecule has 0 fully saturated rings. The van der Waals surface area contributed by atoms with E-state index in [1.54, 1.807) is 49.6 Å². The highest BCUT2D eigenvalue weighted by molar-refractivity contribution is 6.44. The molecule has 132 valence electrons. The Labute approximate surface area is 156 Å². The summed E-state index contributed by atoms with van der Waals surface area (Å²) in [5.74, 6) is -0.530. The van der Waals surface area contributed by atoms with Crippen molar-refractivity contribution in [2.24, 2.45) is 0 Å². The van der Waals surface area contributed by atoms with Gasteiger partial charge in [0.25, 0.3) is 11.8 Å². The van der Waals surface area contributed by atoms with Crippen LogP contribution in [0.4, 0.5) is 5.69 Å². The molecule has 0 saturated heterocycles. The van der Waals surface area contributed by atoms with Gasteiger partial charge in [-0.25, -0.2) is 0 Å². The van der Waals surface area contributed by atoms with Crippen molar-refractivity contribution >= 4 is 40.7 Å². The highest BCUT2D eigenvalue weighted by Crippen LogP contribution is 2.29. The van der Waals surface area contributed by atoms with Crippen molar-refractivity contribution < 1.29 is 14.3 Å². The fourth-order valence-electron chi connectivity index (χ4n) is 2.09. The Morgan fingerprint density at radius 1 is 1.00 bits per heavy atom. The van der Waals surface area contributed by atoms with Gasteiger partial charge < -0.3 is 15.4 Å². The number of hydrogen-bond acceptors (Lipinski definition) is 3. The maximum absolute atomic E-state index is 12.3. The number of hydrogen-bond donors (Lipinski definition) is 2. The minimum Gasteiger partial charge on any atom is -0.385 e. The Morgan fingerprint density at radius 2 is 1.64 bits per heavy atom. The van der Waals surface area contributed by atoms with Crippen molar-refractivity contribution in [1.82, 2.24) is 5.32 Å². The first-order chi connectivity index (χ1) is 12.0. The molecule has 0 heterocycles. The van der Waals surface area contributed by atoms with Gasteiger partial charge in [-0.15, -0.1) is 0 Å². The van der Waals surface area contributed by atoms with E-state index in [0.717, 1.165) is 6.42 Å². The fraction of sp³-hybridized carbons (Fsp3) is 0.222. The maximum atomic E-state index is 12.3. The molecule has 0 bridgehead atoms. The van der Waals surface area contributed by atoms with Crippen LogP contribution in [0, 0.1) is 0 Å². The highest BCUT2D eigenvalue weighted by Gasteiger charge is 2.11. The van der Waals surface area contributed by atoms with Gasteiger partial charge in [0.15, 0.2) is 0 Å². The molecule has 25 heavy (non-hydrogen) atoms. The van der Waals surface area contributed by atoms with Crippen molar-refractivity contribution in [2.75, 3.05) is 25.6 Å². The minimum absolute atomic E-state index is 0.194. The second-order valence-corrected chi connectivity index (χ2v) is 6.02. The number of nitrogens with one attached hydrogen (secondary N) is 2. The summed E-state index contributed by atoms with van der Waals surface area (Å²) in [5.41, 5.74) is 1.32. The third kappa shape index (κ3) is 5.46. The molecule has 0 radical (unpaired) electrons. The van der Waals surface area contributed by atoms with Gasteiger partial charge in [0.05, 0.1) is 15.7 Å². The van der Waals surface area contributed by atoms with E-state index in [1.165, 1.54) is 0 Å². The lowest BCUT2D eigenvalue weighted by atomic mass is 10.1. The average Bonchev–Trinajstić information content (AvgIpc) is 2.62. The number of methoxy groups -OCH3 is 1. The lowest BCUT2D eigenvalue weighted by Gasteiger charge is -2.09. The van der Waals surface area contributed by atoms with Crippen LogP contribution in [0.1, 0.15) is 27.1 Å². The van der Waals surface area contributed by atoms with Crippen LogP contribution < -0.4 is 10.6 Å². The van der Waals surface area contributed by atoms with Gasteiger partial charge in [-0.1, -0.05) is 29.3 Å². The number of carbonyl (C=O) groups is 2. The third-order valence-electron chi connectivity index (χ3n) is 3.42. The Balaban J connectivity index is 1.98. The Bertz CT molecular complexity index is 748. The van der Waals surface area contributed by atoms with Crippen LogP contribution in [0.2, 0.25) is 10.0 Å². The van der Waals surface area contributed by atoms with Gasteiger partial charge in [0.2, 0.25) is 0 Å². The van der Waals surface area contributed by atoms with Crippen LogP contribution in [-0.2, 0) is 4.74 Å². The van der Waals surface area contributed by atoms with E-state index in [2.05, 4.69) is 10.6 Å². The molecule has 5 nitrogen and oxygen atoms in total. The van der Waals surface area contributed by atoms with E-state index >= 15 is 0 Å². The molecule has 2 rings (SSSR count). The smallest absolute Gasteiger partial charge is 0.255 e. The van der Waals surface area contributed by atoms with Crippen LogP contribution in [0.25, 0.3) is 0 Å². The fourth-order valence-corrected chi connectivity index (χ4v) is 2.44. The summed E-state index contributed by atoms with van der Waals surface area (Å²) in [6, 6.07) is 11.4. The maximum Gasteiger partial charge on any atom is 0.255 e. The van der Waals surface area contributed by atoms with Gasteiger partial charge in [-0.3, -0.25) is 9.59 Å². The highest BCUT2D eigenvalue weighted by atomic mass is 35.5. The summed E-state index contributed by atoms with van der Waals surface area (Å²) >= 11 is 12.0. The van der Waals surface area contributed by atoms with Gasteiger partial charge >= 0.3 is 0 Å². The molecular weight excluding hydrogens is 363 g/mol. The molecule has 0 saturated carbocycles. The van der Waals surface area contributed by atoms with E-state index in [0.29, 0.717) is 35.0 Å². The molecule has 0 aromatic heterocycles. The largest absolute Gasteiger partial charge is 0.385 e. The van der Waals surface area contributed by atoms with E-state index in [1.807, 2.05) is 0 Å². The average molecular weight is 381 g/mol. The number of ether oxygens (including phenoxy) is 1. The Kier molecular flexibility index (Phi) is 7.25. The summed E-state index contributed by atoms with van der Waals surface area (Å²) in [6.07, 6.45) is 0.739. The number of anilines is 1. The summed E-state index contributed by atoms with van der Waals surface area (Å²) in [6.45, 7) is 1.12. The Hall–Kier alpha value is -2.08. The predicted octanol–water partition coefficient (Wildman–Crippen LogP) is 4.01. The van der Waals surface area contributed by atoms with Gasteiger partial charge in [-0.05, 0) is 42.8 Å². The normalized spacial score (nSPS) is 10.4. The Morgan fingerprint density at radius 3 is 2.28 bits per heavy atom. The molecule has 2 aromatic carbocycles. The topological polar surface area (TPSA) is 67.4 Å². The van der Waals surface area contributed by atoms with Crippen molar-refractivity contribution in [1.29, 1.82) is 0 Å². The van der Waals surface area contributed by atoms with E-state index in [4.69, 9.17) is 27.9 Å². The van der Waals surface area contributed by atoms with E-state index in [9.17, 15) is 9.59 Å². The van der Waals surface area contributed by atoms with Crippen LogP contribution >= 0.6 is 23.2 Å². The van der Waals surface area contributed by atoms with Crippen LogP contribution in [0.15, 0.2) is 42.5 Å². The molecule has 2 amide bonds. The number of halogens is 2. The zero-order valence-electron chi connectivity index (χ0n) is 13.6. The first kappa shape index (κ1) is 19.2. The molecule has 7 heteroatoms. The lowest BCUT2D eigenvalue weighted by Crippen LogP contribution is -2.25. The summed E-state index contributed by atoms with van der Waals surface area (Å²) in [4.78, 5) is 24.3. The van der Waals surface area contributed by atoms with E-state index in [-0.39, 0.29) is 16.8 Å². The molecule has 0 spiro atoms. The quantitative estimate of drug-likeness (QED) is 0.712. The summed E-state index contributed by atoms with van der Waals surface area (Å²) in [5, 5.41) is 6.12. The van der Waals surface area contributed by atoms with Crippen molar-refractivity contribution in [3.05, 3.63) is 63.6 Å². The van der Waals surface area contributed by atoms with E-state index < -0.39 is 0 Å². The summed E-state index contributed by atoms with van der Waals surface area (Å²) < 4.78 is 4.92. The molecule has 0 atom stereocenters. The second-order valence-electron chi connectivity index (χ2n) is 5.24. The van der Waals surface area contributed by atoms with Gasteiger partial charge in [0, 0.05) is 31.4 Å². The zero-order valence-corrected chi connectivity index (χ0v) is 15.2. The standard InChI is InChI=1S/C18H18Cl2N2O3/c1-25-11-3-10-21-17(23)12-6-8-13(9-7-12)18(24)22-15-5-2-4-14(19)16(15)20/h2,4-9H,3,10-11H2,1H3,(H,21,23)(H,22,24). The minimum atomic E-state index is -0.337. The van der Waals surface area contributed by atoms with Gasteiger partial charge in [0.1, 0.15) is 0 Å². The monoisotopic (exact) mass is 380 g/mol. The number of benzene rings is 2. The van der Waals surface area contributed by atoms with Crippen LogP contribution in [0.3, 0.4) is 0 Å². The van der Waals surface area contributed by atoms with Crippen molar-refractivity contribution in [3.63, 3.8) is 0 Å². The number of carbonyl (C=O) groups excluding carboxylic acids is 2. The SMILES string of the molecule is COCCCNC(=O)c1ccc(C(=O)Nc2cccc(Cl)c2Cl)cc1. The molecule has 0 aliphatic carbocycles. The van der Waals surface area contributed by atoms with Crippen molar-refractivity contribution in [3.8, 4) is 0 Å². The molecule has 0 unspecified atom stereocenters.